The van der Waals surface area contributed by atoms with E-state index in [1.54, 1.807) is 66.9 Å². The van der Waals surface area contributed by atoms with Crippen LogP contribution in [-0.2, 0) is 0 Å². The Hall–Kier alpha value is -6.50. The minimum atomic E-state index is -0.457. The van der Waals surface area contributed by atoms with Crippen LogP contribution in [0, 0.1) is 0 Å². The number of benzene rings is 4. The van der Waals surface area contributed by atoms with Gasteiger partial charge in [0, 0.05) is 29.3 Å². The molecule has 0 radical (unpaired) electrons. The highest BCUT2D eigenvalue weighted by Gasteiger charge is 2.26. The van der Waals surface area contributed by atoms with Gasteiger partial charge in [-0.05, 0) is 71.8 Å². The first-order valence-electron chi connectivity index (χ1n) is 16.6. The first-order valence-corrected chi connectivity index (χ1v) is 16.6. The van der Waals surface area contributed by atoms with Crippen LogP contribution in [0.3, 0.4) is 0 Å². The molecule has 2 heterocycles. The number of rotatable bonds is 16. The van der Waals surface area contributed by atoms with Crippen molar-refractivity contribution in [3.8, 4) is 68.6 Å². The molecule has 0 aliphatic carbocycles. The van der Waals surface area contributed by atoms with Crippen LogP contribution in [0.1, 0.15) is 28.5 Å². The van der Waals surface area contributed by atoms with Crippen molar-refractivity contribution in [1.29, 1.82) is 0 Å². The van der Waals surface area contributed by atoms with Crippen LogP contribution < -0.4 is 48.5 Å². The van der Waals surface area contributed by atoms with Gasteiger partial charge in [-0.15, -0.1) is 0 Å². The Balaban J connectivity index is 1.06. The second-order valence-electron chi connectivity index (χ2n) is 11.9. The molecule has 0 spiro atoms. The maximum Gasteiger partial charge on any atom is 0.255 e. The molecule has 1 aliphatic rings. The lowest BCUT2D eigenvalue weighted by Gasteiger charge is -2.28. The Kier molecular flexibility index (Phi) is 11.1. The maximum atomic E-state index is 12.8. The van der Waals surface area contributed by atoms with Crippen LogP contribution in [0.15, 0.2) is 89.5 Å². The van der Waals surface area contributed by atoms with E-state index in [9.17, 15) is 4.79 Å². The summed E-state index contributed by atoms with van der Waals surface area (Å²) in [7, 11) is 9.38. The molecule has 1 unspecified atom stereocenters. The average molecular weight is 724 g/mol. The maximum absolute atomic E-state index is 12.8. The summed E-state index contributed by atoms with van der Waals surface area (Å²) in [5, 5.41) is 10.6. The van der Waals surface area contributed by atoms with Crippen molar-refractivity contribution >= 4 is 11.6 Å². The van der Waals surface area contributed by atoms with E-state index in [1.807, 2.05) is 48.5 Å². The van der Waals surface area contributed by atoms with Gasteiger partial charge in [-0.25, -0.2) is 0 Å². The fourth-order valence-corrected chi connectivity index (χ4v) is 5.79. The van der Waals surface area contributed by atoms with Gasteiger partial charge in [0.15, 0.2) is 40.3 Å². The SMILES string of the molecule is C=C(CCOc1cc(-c2cc(-c3cc(OC)c(OC)c(OC)c3)no2)ccc1OC)COc1ccc(C2NC(=O)c3cc(OC)ccc3N2)cc1OC. The lowest BCUT2D eigenvalue weighted by molar-refractivity contribution is 0.0935. The first-order chi connectivity index (χ1) is 25.8. The second kappa shape index (κ2) is 16.2. The molecule has 0 fully saturated rings. The van der Waals surface area contributed by atoms with Gasteiger partial charge in [-0.1, -0.05) is 17.8 Å². The predicted octanol–water partition coefficient (Wildman–Crippen LogP) is 7.32. The normalized spacial score (nSPS) is 13.2. The minimum absolute atomic E-state index is 0.204. The van der Waals surface area contributed by atoms with Crippen LogP contribution >= 0.6 is 0 Å². The molecule has 6 rings (SSSR count). The number of fused-ring (bicyclic) bond motifs is 1. The number of nitrogens with one attached hydrogen (secondary N) is 2. The minimum Gasteiger partial charge on any atom is -0.497 e. The molecule has 2 N–H and O–H groups in total. The van der Waals surface area contributed by atoms with E-state index in [4.69, 9.17) is 42.4 Å². The molecule has 1 amide bonds. The van der Waals surface area contributed by atoms with E-state index >= 15 is 0 Å². The van der Waals surface area contributed by atoms with Gasteiger partial charge in [0.05, 0.1) is 54.8 Å². The quantitative estimate of drug-likeness (QED) is 0.0986. The Labute approximate surface area is 307 Å². The number of anilines is 1. The van der Waals surface area contributed by atoms with Crippen molar-refractivity contribution in [1.82, 2.24) is 10.5 Å². The molecule has 1 aromatic heterocycles. The Bertz CT molecular complexity index is 2090. The van der Waals surface area contributed by atoms with Crippen LogP contribution in [0.5, 0.6) is 46.0 Å². The van der Waals surface area contributed by atoms with Crippen molar-refractivity contribution in [2.24, 2.45) is 0 Å². The van der Waals surface area contributed by atoms with E-state index in [0.29, 0.717) is 81.7 Å². The summed E-state index contributed by atoms with van der Waals surface area (Å²) in [6.45, 7) is 4.74. The fourth-order valence-electron chi connectivity index (χ4n) is 5.79. The summed E-state index contributed by atoms with van der Waals surface area (Å²) in [6, 6.07) is 21.8. The van der Waals surface area contributed by atoms with E-state index < -0.39 is 6.17 Å². The highest BCUT2D eigenvalue weighted by atomic mass is 16.5. The molecule has 13 heteroatoms. The molecule has 53 heavy (non-hydrogen) atoms. The van der Waals surface area contributed by atoms with Gasteiger partial charge in [-0.2, -0.15) is 0 Å². The number of nitrogens with zero attached hydrogens (tertiary/aromatic N) is 1. The zero-order valence-electron chi connectivity index (χ0n) is 30.4. The number of ether oxygens (including phenoxy) is 8. The number of methoxy groups -OCH3 is 6. The van der Waals surface area contributed by atoms with Crippen LogP contribution in [0.4, 0.5) is 5.69 Å². The van der Waals surface area contributed by atoms with Crippen molar-refractivity contribution in [2.75, 3.05) is 61.2 Å². The standard InChI is InChI=1S/C40H41N3O10/c1-23(22-52-32-13-9-25(17-34(32)47-4)39-41-29-11-10-27(45-2)20-28(29)40(44)42-39)14-15-51-35-16-24(8-12-31(35)46-3)33-21-30(43-53-33)26-18-36(48-5)38(50-7)37(19-26)49-6/h8-13,16-21,39,41H,1,14-15,22H2,2-7H3,(H,42,44). The zero-order valence-corrected chi connectivity index (χ0v) is 30.4. The van der Waals surface area contributed by atoms with Crippen LogP contribution in [0.2, 0.25) is 0 Å². The van der Waals surface area contributed by atoms with E-state index in [-0.39, 0.29) is 12.5 Å². The number of carbonyl (C=O) groups is 1. The number of hydrogen-bond donors (Lipinski definition) is 2. The summed E-state index contributed by atoms with van der Waals surface area (Å²) < 4.78 is 50.8. The summed E-state index contributed by atoms with van der Waals surface area (Å²) in [4.78, 5) is 12.8. The first kappa shape index (κ1) is 36.3. The number of hydrogen-bond acceptors (Lipinski definition) is 12. The number of amides is 1. The molecule has 13 nitrogen and oxygen atoms in total. The number of carbonyl (C=O) groups excluding carboxylic acids is 1. The third-order valence-electron chi connectivity index (χ3n) is 8.63. The summed E-state index contributed by atoms with van der Waals surface area (Å²) in [5.41, 5.74) is 4.90. The molecule has 1 atom stereocenters. The molecule has 0 saturated carbocycles. The van der Waals surface area contributed by atoms with Gasteiger partial charge >= 0.3 is 0 Å². The summed E-state index contributed by atoms with van der Waals surface area (Å²) in [5.74, 6) is 4.60. The average Bonchev–Trinajstić information content (AvgIpc) is 3.70. The van der Waals surface area contributed by atoms with Crippen LogP contribution in [0.25, 0.3) is 22.6 Å². The molecular formula is C40H41N3O10. The molecule has 276 valence electrons. The molecule has 0 bridgehead atoms. The molecule has 0 saturated heterocycles. The van der Waals surface area contributed by atoms with E-state index in [2.05, 4.69) is 22.4 Å². The smallest absolute Gasteiger partial charge is 0.255 e. The number of aromatic nitrogens is 1. The van der Waals surface area contributed by atoms with Gasteiger partial charge < -0.3 is 53.1 Å². The van der Waals surface area contributed by atoms with E-state index in [1.165, 1.54) is 0 Å². The zero-order chi connectivity index (χ0) is 37.5. The second-order valence-corrected chi connectivity index (χ2v) is 11.9. The van der Waals surface area contributed by atoms with Crippen molar-refractivity contribution in [3.05, 3.63) is 96.1 Å². The van der Waals surface area contributed by atoms with Gasteiger partial charge in [-0.3, -0.25) is 4.79 Å². The third-order valence-corrected chi connectivity index (χ3v) is 8.63. The van der Waals surface area contributed by atoms with Crippen molar-refractivity contribution < 1.29 is 47.2 Å². The summed E-state index contributed by atoms with van der Waals surface area (Å²) in [6.07, 6.45) is 0.0607. The lowest BCUT2D eigenvalue weighted by Crippen LogP contribution is -2.38. The largest absolute Gasteiger partial charge is 0.497 e. The highest BCUT2D eigenvalue weighted by Crippen LogP contribution is 2.42. The Morgan fingerprint density at radius 1 is 0.698 bits per heavy atom. The van der Waals surface area contributed by atoms with Crippen molar-refractivity contribution in [3.63, 3.8) is 0 Å². The highest BCUT2D eigenvalue weighted by molar-refractivity contribution is 6.02. The molecular weight excluding hydrogens is 682 g/mol. The monoisotopic (exact) mass is 723 g/mol. The topological polar surface area (TPSA) is 141 Å². The third kappa shape index (κ3) is 7.88. The Morgan fingerprint density at radius 2 is 1.42 bits per heavy atom. The molecule has 5 aromatic rings. The predicted molar refractivity (Wildman–Crippen MR) is 198 cm³/mol. The summed E-state index contributed by atoms with van der Waals surface area (Å²) >= 11 is 0. The fraction of sp³-hybridized carbons (Fsp3) is 0.250. The Morgan fingerprint density at radius 3 is 2.11 bits per heavy atom. The van der Waals surface area contributed by atoms with Gasteiger partial charge in [0.1, 0.15) is 24.2 Å². The van der Waals surface area contributed by atoms with Crippen molar-refractivity contribution in [2.45, 2.75) is 12.6 Å². The van der Waals surface area contributed by atoms with Gasteiger partial charge in [0.25, 0.3) is 5.91 Å². The lowest BCUT2D eigenvalue weighted by atomic mass is 10.0. The van der Waals surface area contributed by atoms with E-state index in [0.717, 1.165) is 22.3 Å². The molecule has 1 aliphatic heterocycles. The molecule has 4 aromatic carbocycles. The van der Waals surface area contributed by atoms with Crippen LogP contribution in [-0.4, -0.2) is 66.9 Å². The van der Waals surface area contributed by atoms with Gasteiger partial charge in [0.2, 0.25) is 5.75 Å².